The van der Waals surface area contributed by atoms with E-state index in [4.69, 9.17) is 5.26 Å². The minimum absolute atomic E-state index is 0.959. The van der Waals surface area contributed by atoms with Gasteiger partial charge in [0.25, 0.3) is 0 Å². The Labute approximate surface area is 79.8 Å². The third kappa shape index (κ3) is 2.57. The highest BCUT2D eigenvalue weighted by Crippen LogP contribution is 2.32. The lowest BCUT2D eigenvalue weighted by Gasteiger charge is -2.24. The van der Waals surface area contributed by atoms with Gasteiger partial charge in [0.2, 0.25) is 0 Å². The van der Waals surface area contributed by atoms with Crippen molar-refractivity contribution in [2.45, 2.75) is 25.7 Å². The summed E-state index contributed by atoms with van der Waals surface area (Å²) in [5.74, 6) is 1.03. The predicted molar refractivity (Wildman–Crippen MR) is 52.1 cm³/mol. The maximum Gasteiger partial charge on any atom is 0.0944 e. The van der Waals surface area contributed by atoms with Gasteiger partial charge in [-0.1, -0.05) is 18.9 Å². The molecule has 0 bridgehead atoms. The lowest BCUT2D eigenvalue weighted by atomic mass is 10.1. The largest absolute Gasteiger partial charge is 0.299 e. The summed E-state index contributed by atoms with van der Waals surface area (Å²) in [4.78, 5) is 2.46. The first-order valence-corrected chi connectivity index (χ1v) is 5.20. The van der Waals surface area contributed by atoms with Crippen LogP contribution in [0.5, 0.6) is 0 Å². The van der Waals surface area contributed by atoms with Crippen LogP contribution in [0.2, 0.25) is 0 Å². The van der Waals surface area contributed by atoms with Crippen LogP contribution in [-0.4, -0.2) is 24.5 Å². The molecule has 0 atom stereocenters. The molecule has 1 aliphatic carbocycles. The summed E-state index contributed by atoms with van der Waals surface area (Å²) in [6, 6.07) is 2.24. The molecule has 0 N–H and O–H groups in total. The molecule has 13 heavy (non-hydrogen) atoms. The third-order valence-electron chi connectivity index (χ3n) is 2.99. The van der Waals surface area contributed by atoms with E-state index in [0.29, 0.717) is 0 Å². The molecule has 2 rings (SSSR count). The zero-order chi connectivity index (χ0) is 9.10. The van der Waals surface area contributed by atoms with Gasteiger partial charge < -0.3 is 0 Å². The second kappa shape index (κ2) is 3.93. The van der Waals surface area contributed by atoms with Crippen molar-refractivity contribution in [1.82, 2.24) is 4.90 Å². The van der Waals surface area contributed by atoms with E-state index in [9.17, 15) is 0 Å². The second-order valence-corrected chi connectivity index (χ2v) is 4.12. The summed E-state index contributed by atoms with van der Waals surface area (Å²) >= 11 is 0. The smallest absolute Gasteiger partial charge is 0.0944 e. The average molecular weight is 176 g/mol. The van der Waals surface area contributed by atoms with E-state index in [1.54, 1.807) is 0 Å². The first-order chi connectivity index (χ1) is 6.38. The van der Waals surface area contributed by atoms with Crippen molar-refractivity contribution >= 4 is 0 Å². The van der Waals surface area contributed by atoms with Gasteiger partial charge >= 0.3 is 0 Å². The number of nitriles is 1. The van der Waals surface area contributed by atoms with Crippen LogP contribution in [-0.2, 0) is 0 Å². The van der Waals surface area contributed by atoms with Crippen molar-refractivity contribution in [3.05, 3.63) is 11.6 Å². The molecule has 1 aliphatic heterocycles. The monoisotopic (exact) mass is 176 g/mol. The van der Waals surface area contributed by atoms with Crippen molar-refractivity contribution < 1.29 is 0 Å². The van der Waals surface area contributed by atoms with Crippen LogP contribution in [0.4, 0.5) is 0 Å². The molecule has 70 valence electrons. The van der Waals surface area contributed by atoms with Crippen molar-refractivity contribution in [3.8, 4) is 6.07 Å². The van der Waals surface area contributed by atoms with Crippen LogP contribution in [0.1, 0.15) is 25.7 Å². The zero-order valence-corrected chi connectivity index (χ0v) is 8.00. The van der Waals surface area contributed by atoms with Crippen molar-refractivity contribution in [3.63, 3.8) is 0 Å². The molecule has 0 aromatic heterocycles. The van der Waals surface area contributed by atoms with Crippen molar-refractivity contribution in [2.24, 2.45) is 5.92 Å². The Hall–Kier alpha value is -0.810. The van der Waals surface area contributed by atoms with Crippen LogP contribution in [0, 0.1) is 17.2 Å². The molecule has 2 heteroatoms. The van der Waals surface area contributed by atoms with Crippen molar-refractivity contribution in [1.29, 1.82) is 5.26 Å². The topological polar surface area (TPSA) is 27.0 Å². The minimum Gasteiger partial charge on any atom is -0.299 e. The summed E-state index contributed by atoms with van der Waals surface area (Å²) in [7, 11) is 0. The van der Waals surface area contributed by atoms with E-state index in [0.717, 1.165) is 31.0 Å². The standard InChI is InChI=1S/C11H16N2/c12-9-11-4-7-13(8-5-11)6-3-10-1-2-10/h4,10H,1-3,5-8H2. The highest BCUT2D eigenvalue weighted by Gasteiger charge is 2.22. The minimum atomic E-state index is 0.959. The molecule has 0 aromatic rings. The molecule has 0 amide bonds. The Morgan fingerprint density at radius 1 is 1.54 bits per heavy atom. The van der Waals surface area contributed by atoms with Gasteiger partial charge in [-0.15, -0.1) is 0 Å². The Morgan fingerprint density at radius 2 is 2.38 bits per heavy atom. The summed E-state index contributed by atoms with van der Waals surface area (Å²) in [5, 5.41) is 8.67. The lowest BCUT2D eigenvalue weighted by molar-refractivity contribution is 0.286. The van der Waals surface area contributed by atoms with Gasteiger partial charge in [0, 0.05) is 18.7 Å². The molecular weight excluding hydrogens is 160 g/mol. The molecule has 2 nitrogen and oxygen atoms in total. The van der Waals surface area contributed by atoms with Gasteiger partial charge in [-0.3, -0.25) is 4.90 Å². The van der Waals surface area contributed by atoms with E-state index in [2.05, 4.69) is 17.0 Å². The van der Waals surface area contributed by atoms with Crippen molar-refractivity contribution in [2.75, 3.05) is 19.6 Å². The fraction of sp³-hybridized carbons (Fsp3) is 0.727. The normalized spacial score (nSPS) is 23.8. The van der Waals surface area contributed by atoms with E-state index < -0.39 is 0 Å². The summed E-state index contributed by atoms with van der Waals surface area (Å²) < 4.78 is 0. The van der Waals surface area contributed by atoms with Crippen LogP contribution < -0.4 is 0 Å². The summed E-state index contributed by atoms with van der Waals surface area (Å²) in [6.45, 7) is 3.32. The molecule has 1 heterocycles. The highest BCUT2D eigenvalue weighted by atomic mass is 15.1. The van der Waals surface area contributed by atoms with Crippen LogP contribution >= 0.6 is 0 Å². The molecular formula is C11H16N2. The fourth-order valence-electron chi connectivity index (χ4n) is 1.79. The SMILES string of the molecule is N#CC1=CCN(CCC2CC2)CC1. The van der Waals surface area contributed by atoms with Crippen LogP contribution in [0.25, 0.3) is 0 Å². The van der Waals surface area contributed by atoms with Gasteiger partial charge in [0.05, 0.1) is 6.07 Å². The highest BCUT2D eigenvalue weighted by molar-refractivity contribution is 5.22. The van der Waals surface area contributed by atoms with E-state index in [1.807, 2.05) is 0 Å². The Morgan fingerprint density at radius 3 is 2.92 bits per heavy atom. The zero-order valence-electron chi connectivity index (χ0n) is 8.00. The molecule has 0 aromatic carbocycles. The van der Waals surface area contributed by atoms with Gasteiger partial charge in [-0.2, -0.15) is 5.26 Å². The van der Waals surface area contributed by atoms with E-state index >= 15 is 0 Å². The third-order valence-corrected chi connectivity index (χ3v) is 2.99. The molecule has 0 radical (unpaired) electrons. The number of rotatable bonds is 3. The van der Waals surface area contributed by atoms with E-state index in [-0.39, 0.29) is 0 Å². The summed E-state index contributed by atoms with van der Waals surface area (Å²) in [5.41, 5.74) is 0.975. The molecule has 0 unspecified atom stereocenters. The first-order valence-electron chi connectivity index (χ1n) is 5.20. The average Bonchev–Trinajstić information content (AvgIpc) is 2.99. The lowest BCUT2D eigenvalue weighted by Crippen LogP contribution is -2.29. The molecule has 1 fully saturated rings. The fourth-order valence-corrected chi connectivity index (χ4v) is 1.79. The molecule has 0 saturated heterocycles. The molecule has 1 saturated carbocycles. The Kier molecular flexibility index (Phi) is 2.65. The van der Waals surface area contributed by atoms with Crippen LogP contribution in [0.15, 0.2) is 11.6 Å². The second-order valence-electron chi connectivity index (χ2n) is 4.12. The predicted octanol–water partition coefficient (Wildman–Crippen LogP) is 1.94. The number of hydrogen-bond acceptors (Lipinski definition) is 2. The van der Waals surface area contributed by atoms with Gasteiger partial charge in [0.1, 0.15) is 0 Å². The number of hydrogen-bond donors (Lipinski definition) is 0. The number of nitrogens with zero attached hydrogens (tertiary/aromatic N) is 2. The Bertz CT molecular complexity index is 245. The van der Waals surface area contributed by atoms with Gasteiger partial charge in [-0.05, 0) is 25.3 Å². The summed E-state index contributed by atoms with van der Waals surface area (Å²) in [6.07, 6.45) is 7.31. The Balaban J connectivity index is 1.71. The molecule has 0 spiro atoms. The quantitative estimate of drug-likeness (QED) is 0.657. The maximum atomic E-state index is 8.67. The maximum absolute atomic E-state index is 8.67. The van der Waals surface area contributed by atoms with E-state index in [1.165, 1.54) is 25.8 Å². The first kappa shape index (κ1) is 8.77. The van der Waals surface area contributed by atoms with Gasteiger partial charge in [0.15, 0.2) is 0 Å². The molecule has 2 aliphatic rings. The van der Waals surface area contributed by atoms with Gasteiger partial charge in [-0.25, -0.2) is 0 Å². The van der Waals surface area contributed by atoms with Crippen LogP contribution in [0.3, 0.4) is 0 Å².